The van der Waals surface area contributed by atoms with E-state index in [9.17, 15) is 5.11 Å². The van der Waals surface area contributed by atoms with Crippen molar-refractivity contribution >= 4 is 0 Å². The maximum absolute atomic E-state index is 10.0. The summed E-state index contributed by atoms with van der Waals surface area (Å²) in [7, 11) is 0. The third-order valence-corrected chi connectivity index (χ3v) is 3.24. The van der Waals surface area contributed by atoms with Crippen LogP contribution in [-0.4, -0.2) is 5.11 Å². The van der Waals surface area contributed by atoms with Crippen molar-refractivity contribution in [3.05, 3.63) is 65.7 Å². The van der Waals surface area contributed by atoms with Crippen LogP contribution in [0.25, 0.3) is 0 Å². The van der Waals surface area contributed by atoms with Crippen molar-refractivity contribution in [2.75, 3.05) is 0 Å². The minimum Gasteiger partial charge on any atom is -0.486 e. The standard InChI is InChI=1S/C17H20O2/c1-3-16(18)15-11-7-8-12-17(15)19-13(2)14-9-5-4-6-10-14/h4-13,16,18H,3H2,1-2H3/t13?,16-/m0/s1. The average molecular weight is 256 g/mol. The van der Waals surface area contributed by atoms with Crippen LogP contribution in [0, 0.1) is 0 Å². The van der Waals surface area contributed by atoms with Crippen LogP contribution in [0.3, 0.4) is 0 Å². The first-order chi connectivity index (χ1) is 9.22. The van der Waals surface area contributed by atoms with Crippen molar-refractivity contribution in [3.8, 4) is 5.75 Å². The summed E-state index contributed by atoms with van der Waals surface area (Å²) in [4.78, 5) is 0. The first-order valence-corrected chi connectivity index (χ1v) is 6.71. The van der Waals surface area contributed by atoms with Crippen molar-refractivity contribution in [2.45, 2.75) is 32.5 Å². The lowest BCUT2D eigenvalue weighted by Gasteiger charge is -2.19. The highest BCUT2D eigenvalue weighted by molar-refractivity contribution is 5.35. The van der Waals surface area contributed by atoms with Crippen molar-refractivity contribution < 1.29 is 9.84 Å². The number of para-hydroxylation sites is 1. The van der Waals surface area contributed by atoms with E-state index in [0.29, 0.717) is 6.42 Å². The molecule has 1 N–H and O–H groups in total. The molecule has 19 heavy (non-hydrogen) atoms. The third-order valence-electron chi connectivity index (χ3n) is 3.24. The topological polar surface area (TPSA) is 29.5 Å². The van der Waals surface area contributed by atoms with Gasteiger partial charge in [0.1, 0.15) is 11.9 Å². The zero-order chi connectivity index (χ0) is 13.7. The molecule has 0 radical (unpaired) electrons. The van der Waals surface area contributed by atoms with Crippen molar-refractivity contribution in [3.63, 3.8) is 0 Å². The maximum Gasteiger partial charge on any atom is 0.126 e. The SMILES string of the molecule is CC[C@H](O)c1ccccc1OC(C)c1ccccc1. The fourth-order valence-corrected chi connectivity index (χ4v) is 2.07. The minimum atomic E-state index is -0.473. The molecule has 0 amide bonds. The molecule has 0 saturated carbocycles. The molecule has 2 heteroatoms. The summed E-state index contributed by atoms with van der Waals surface area (Å²) in [5.41, 5.74) is 1.98. The summed E-state index contributed by atoms with van der Waals surface area (Å²) >= 11 is 0. The maximum atomic E-state index is 10.0. The molecule has 0 spiro atoms. The monoisotopic (exact) mass is 256 g/mol. The quantitative estimate of drug-likeness (QED) is 0.865. The predicted molar refractivity (Wildman–Crippen MR) is 77.2 cm³/mol. The molecule has 0 aliphatic carbocycles. The zero-order valence-electron chi connectivity index (χ0n) is 11.4. The van der Waals surface area contributed by atoms with Crippen LogP contribution in [0.15, 0.2) is 54.6 Å². The molecule has 0 aliphatic rings. The van der Waals surface area contributed by atoms with Gasteiger partial charge in [-0.2, -0.15) is 0 Å². The summed E-state index contributed by atoms with van der Waals surface area (Å²) < 4.78 is 5.99. The Labute approximate surface area is 114 Å². The molecule has 2 aromatic rings. The second-order valence-electron chi connectivity index (χ2n) is 4.63. The van der Waals surface area contributed by atoms with Crippen molar-refractivity contribution in [1.29, 1.82) is 0 Å². The molecule has 0 fully saturated rings. The highest BCUT2D eigenvalue weighted by Gasteiger charge is 2.14. The number of aliphatic hydroxyl groups is 1. The number of hydrogen-bond acceptors (Lipinski definition) is 2. The van der Waals surface area contributed by atoms with Crippen LogP contribution in [0.4, 0.5) is 0 Å². The lowest BCUT2D eigenvalue weighted by Crippen LogP contribution is -2.06. The van der Waals surface area contributed by atoms with E-state index in [2.05, 4.69) is 0 Å². The van der Waals surface area contributed by atoms with E-state index < -0.39 is 6.10 Å². The van der Waals surface area contributed by atoms with E-state index in [-0.39, 0.29) is 6.10 Å². The minimum absolute atomic E-state index is 0.0357. The third kappa shape index (κ3) is 3.36. The number of aliphatic hydroxyl groups excluding tert-OH is 1. The molecule has 2 aromatic carbocycles. The predicted octanol–water partition coefficient (Wildman–Crippen LogP) is 4.27. The second-order valence-corrected chi connectivity index (χ2v) is 4.63. The largest absolute Gasteiger partial charge is 0.486 e. The Kier molecular flexibility index (Phi) is 4.58. The van der Waals surface area contributed by atoms with Crippen LogP contribution in [0.5, 0.6) is 5.75 Å². The molecule has 0 aromatic heterocycles. The normalized spacial score (nSPS) is 13.8. The van der Waals surface area contributed by atoms with E-state index in [1.54, 1.807) is 0 Å². The van der Waals surface area contributed by atoms with Gasteiger partial charge in [-0.3, -0.25) is 0 Å². The zero-order valence-corrected chi connectivity index (χ0v) is 11.4. The molecule has 0 bridgehead atoms. The van der Waals surface area contributed by atoms with E-state index >= 15 is 0 Å². The van der Waals surface area contributed by atoms with Gasteiger partial charge in [-0.05, 0) is 25.0 Å². The molecule has 2 nitrogen and oxygen atoms in total. The molecule has 0 aliphatic heterocycles. The first kappa shape index (κ1) is 13.6. The highest BCUT2D eigenvalue weighted by Crippen LogP contribution is 2.30. The van der Waals surface area contributed by atoms with Crippen LogP contribution < -0.4 is 4.74 Å². The van der Waals surface area contributed by atoms with Gasteiger partial charge in [-0.25, -0.2) is 0 Å². The van der Waals surface area contributed by atoms with Gasteiger partial charge in [0.05, 0.1) is 6.10 Å². The lowest BCUT2D eigenvalue weighted by atomic mass is 10.1. The lowest BCUT2D eigenvalue weighted by molar-refractivity contribution is 0.159. The summed E-state index contributed by atoms with van der Waals surface area (Å²) in [6, 6.07) is 17.8. The Morgan fingerprint density at radius 3 is 2.32 bits per heavy atom. The van der Waals surface area contributed by atoms with Gasteiger partial charge in [-0.1, -0.05) is 55.5 Å². The number of hydrogen-bond donors (Lipinski definition) is 1. The molecular formula is C17H20O2. The van der Waals surface area contributed by atoms with Crippen LogP contribution in [0.1, 0.15) is 43.6 Å². The second kappa shape index (κ2) is 6.39. The van der Waals surface area contributed by atoms with Gasteiger partial charge < -0.3 is 9.84 Å². The van der Waals surface area contributed by atoms with E-state index in [1.807, 2.05) is 68.4 Å². The smallest absolute Gasteiger partial charge is 0.126 e. The Balaban J connectivity index is 2.19. The Morgan fingerprint density at radius 1 is 1.00 bits per heavy atom. The Hall–Kier alpha value is -1.80. The summed E-state index contributed by atoms with van der Waals surface area (Å²) in [6.45, 7) is 3.98. The van der Waals surface area contributed by atoms with Gasteiger partial charge in [0, 0.05) is 5.56 Å². The highest BCUT2D eigenvalue weighted by atomic mass is 16.5. The number of ether oxygens (including phenoxy) is 1. The Bertz CT molecular complexity index is 508. The number of rotatable bonds is 5. The van der Waals surface area contributed by atoms with Gasteiger partial charge in [0.25, 0.3) is 0 Å². The van der Waals surface area contributed by atoms with E-state index in [4.69, 9.17) is 4.74 Å². The molecule has 0 heterocycles. The van der Waals surface area contributed by atoms with Crippen LogP contribution in [-0.2, 0) is 0 Å². The summed E-state index contributed by atoms with van der Waals surface area (Å²) in [5, 5.41) is 10.0. The van der Waals surface area contributed by atoms with Crippen LogP contribution >= 0.6 is 0 Å². The van der Waals surface area contributed by atoms with Crippen LogP contribution in [0.2, 0.25) is 0 Å². The van der Waals surface area contributed by atoms with Gasteiger partial charge in [-0.15, -0.1) is 0 Å². The summed E-state index contributed by atoms with van der Waals surface area (Å²) in [6.07, 6.45) is 0.172. The van der Waals surface area contributed by atoms with E-state index in [0.717, 1.165) is 16.9 Å². The average Bonchev–Trinajstić information content (AvgIpc) is 2.48. The fraction of sp³-hybridized carbons (Fsp3) is 0.294. The Morgan fingerprint density at radius 2 is 1.63 bits per heavy atom. The van der Waals surface area contributed by atoms with Gasteiger partial charge in [0.2, 0.25) is 0 Å². The molecular weight excluding hydrogens is 236 g/mol. The molecule has 1 unspecified atom stereocenters. The molecule has 0 saturated heterocycles. The first-order valence-electron chi connectivity index (χ1n) is 6.71. The van der Waals surface area contributed by atoms with Crippen molar-refractivity contribution in [1.82, 2.24) is 0 Å². The number of benzene rings is 2. The summed E-state index contributed by atoms with van der Waals surface area (Å²) in [5.74, 6) is 0.758. The molecule has 2 atom stereocenters. The van der Waals surface area contributed by atoms with Gasteiger partial charge in [0.15, 0.2) is 0 Å². The molecule has 2 rings (SSSR count). The van der Waals surface area contributed by atoms with Crippen molar-refractivity contribution in [2.24, 2.45) is 0 Å². The van der Waals surface area contributed by atoms with E-state index in [1.165, 1.54) is 0 Å². The molecule has 100 valence electrons. The fourth-order valence-electron chi connectivity index (χ4n) is 2.07. The van der Waals surface area contributed by atoms with Gasteiger partial charge >= 0.3 is 0 Å².